The van der Waals surface area contributed by atoms with Crippen molar-refractivity contribution in [3.05, 3.63) is 18.2 Å². The number of hydrogen-bond donors (Lipinski definition) is 1. The van der Waals surface area contributed by atoms with Gasteiger partial charge in [0.25, 0.3) is 0 Å². The maximum atomic E-state index is 6.25. The third kappa shape index (κ3) is 1.57. The molecule has 3 unspecified atom stereocenters. The summed E-state index contributed by atoms with van der Waals surface area (Å²) in [4.78, 5) is 4.33. The van der Waals surface area contributed by atoms with Gasteiger partial charge in [-0.3, -0.25) is 0 Å². The minimum atomic E-state index is 0.118. The highest BCUT2D eigenvalue weighted by atomic mass is 15.1. The zero-order valence-corrected chi connectivity index (χ0v) is 8.98. The summed E-state index contributed by atoms with van der Waals surface area (Å²) in [7, 11) is 2.02. The van der Waals surface area contributed by atoms with Crippen molar-refractivity contribution in [2.24, 2.45) is 24.6 Å². The molecule has 1 aliphatic carbocycles. The lowest BCUT2D eigenvalue weighted by Crippen LogP contribution is -2.26. The van der Waals surface area contributed by atoms with Gasteiger partial charge in [0.1, 0.15) is 5.82 Å². The molecule has 0 spiro atoms. The molecule has 14 heavy (non-hydrogen) atoms. The molecule has 78 valence electrons. The van der Waals surface area contributed by atoms with Crippen LogP contribution < -0.4 is 5.73 Å². The van der Waals surface area contributed by atoms with Crippen molar-refractivity contribution in [1.29, 1.82) is 0 Å². The maximum absolute atomic E-state index is 6.25. The smallest absolute Gasteiger partial charge is 0.125 e. The topological polar surface area (TPSA) is 43.8 Å². The Morgan fingerprint density at radius 2 is 2.36 bits per heavy atom. The summed E-state index contributed by atoms with van der Waals surface area (Å²) >= 11 is 0. The first-order chi connectivity index (χ1) is 6.70. The van der Waals surface area contributed by atoms with Crippen LogP contribution in [0.2, 0.25) is 0 Å². The highest BCUT2D eigenvalue weighted by Gasteiger charge is 2.31. The van der Waals surface area contributed by atoms with Gasteiger partial charge in [-0.15, -0.1) is 0 Å². The van der Waals surface area contributed by atoms with E-state index in [0.29, 0.717) is 5.92 Å². The first-order valence-electron chi connectivity index (χ1n) is 5.43. The van der Waals surface area contributed by atoms with E-state index in [1.54, 1.807) is 0 Å². The number of nitrogens with zero attached hydrogens (tertiary/aromatic N) is 2. The van der Waals surface area contributed by atoms with Crippen LogP contribution in [0.1, 0.15) is 38.1 Å². The Morgan fingerprint density at radius 1 is 1.57 bits per heavy atom. The fraction of sp³-hybridized carbons (Fsp3) is 0.727. The lowest BCUT2D eigenvalue weighted by atomic mass is 9.90. The number of imidazole rings is 1. The maximum Gasteiger partial charge on any atom is 0.125 e. The molecule has 0 bridgehead atoms. The van der Waals surface area contributed by atoms with Crippen LogP contribution in [0.5, 0.6) is 0 Å². The highest BCUT2D eigenvalue weighted by molar-refractivity contribution is 5.01. The van der Waals surface area contributed by atoms with E-state index >= 15 is 0 Å². The Balaban J connectivity index is 2.15. The van der Waals surface area contributed by atoms with Crippen LogP contribution in [-0.2, 0) is 7.05 Å². The third-order valence-corrected chi connectivity index (χ3v) is 3.55. The normalized spacial score (nSPS) is 29.4. The minimum absolute atomic E-state index is 0.118. The molecule has 1 heterocycles. The number of hydrogen-bond acceptors (Lipinski definition) is 2. The van der Waals surface area contributed by atoms with Crippen LogP contribution in [0.25, 0.3) is 0 Å². The molecule has 1 saturated carbocycles. The van der Waals surface area contributed by atoms with Gasteiger partial charge in [0.15, 0.2) is 0 Å². The van der Waals surface area contributed by atoms with Crippen molar-refractivity contribution >= 4 is 0 Å². The Morgan fingerprint density at radius 3 is 2.86 bits per heavy atom. The summed E-state index contributed by atoms with van der Waals surface area (Å²) < 4.78 is 2.04. The Labute approximate surface area is 85.3 Å². The van der Waals surface area contributed by atoms with Crippen LogP contribution in [0.15, 0.2) is 12.4 Å². The molecule has 0 aliphatic heterocycles. The lowest BCUT2D eigenvalue weighted by Gasteiger charge is -2.22. The van der Waals surface area contributed by atoms with Crippen molar-refractivity contribution in [3.8, 4) is 0 Å². The van der Waals surface area contributed by atoms with Crippen LogP contribution in [0.3, 0.4) is 0 Å². The van der Waals surface area contributed by atoms with Crippen molar-refractivity contribution in [2.45, 2.75) is 32.2 Å². The van der Waals surface area contributed by atoms with Crippen molar-refractivity contribution in [2.75, 3.05) is 0 Å². The molecule has 3 heteroatoms. The van der Waals surface area contributed by atoms with Crippen LogP contribution in [0, 0.1) is 11.8 Å². The summed E-state index contributed by atoms with van der Waals surface area (Å²) in [6, 6.07) is 0.118. The molecule has 3 nitrogen and oxygen atoms in total. The Kier molecular flexibility index (Phi) is 2.59. The van der Waals surface area contributed by atoms with Gasteiger partial charge in [-0.2, -0.15) is 0 Å². The lowest BCUT2D eigenvalue weighted by molar-refractivity contribution is 0.336. The number of rotatable bonds is 2. The predicted molar refractivity (Wildman–Crippen MR) is 56.6 cm³/mol. The fourth-order valence-corrected chi connectivity index (χ4v) is 2.60. The van der Waals surface area contributed by atoms with E-state index in [1.165, 1.54) is 19.3 Å². The second kappa shape index (κ2) is 3.73. The Hall–Kier alpha value is -0.830. The second-order valence-electron chi connectivity index (χ2n) is 4.49. The van der Waals surface area contributed by atoms with E-state index in [2.05, 4.69) is 11.9 Å². The van der Waals surface area contributed by atoms with Crippen molar-refractivity contribution < 1.29 is 0 Å². The summed E-state index contributed by atoms with van der Waals surface area (Å²) in [6.07, 6.45) is 7.70. The molecule has 1 aromatic rings. The molecule has 1 aliphatic rings. The van der Waals surface area contributed by atoms with E-state index < -0.39 is 0 Å². The molecular formula is C11H19N3. The van der Waals surface area contributed by atoms with Crippen LogP contribution in [0.4, 0.5) is 0 Å². The summed E-state index contributed by atoms with van der Waals surface area (Å²) in [5.74, 6) is 2.40. The highest BCUT2D eigenvalue weighted by Crippen LogP contribution is 2.38. The van der Waals surface area contributed by atoms with E-state index in [4.69, 9.17) is 5.73 Å². The molecule has 1 aromatic heterocycles. The van der Waals surface area contributed by atoms with Crippen molar-refractivity contribution in [1.82, 2.24) is 9.55 Å². The van der Waals surface area contributed by atoms with Crippen LogP contribution >= 0.6 is 0 Å². The molecule has 3 atom stereocenters. The quantitative estimate of drug-likeness (QED) is 0.779. The molecule has 0 radical (unpaired) electrons. The number of nitrogens with two attached hydrogens (primary N) is 1. The SMILES string of the molecule is CC1CCCC1C(N)c1nccn1C. The Bertz CT molecular complexity index is 305. The first kappa shape index (κ1) is 9.71. The second-order valence-corrected chi connectivity index (χ2v) is 4.49. The monoisotopic (exact) mass is 193 g/mol. The molecule has 2 N–H and O–H groups in total. The number of aromatic nitrogens is 2. The van der Waals surface area contributed by atoms with Crippen molar-refractivity contribution in [3.63, 3.8) is 0 Å². The van der Waals surface area contributed by atoms with Crippen LogP contribution in [-0.4, -0.2) is 9.55 Å². The summed E-state index contributed by atoms with van der Waals surface area (Å²) in [5.41, 5.74) is 6.25. The molecule has 0 aromatic carbocycles. The molecule has 2 rings (SSSR count). The van der Waals surface area contributed by atoms with E-state index in [9.17, 15) is 0 Å². The van der Waals surface area contributed by atoms with E-state index in [-0.39, 0.29) is 6.04 Å². The van der Waals surface area contributed by atoms with Gasteiger partial charge < -0.3 is 10.3 Å². The zero-order chi connectivity index (χ0) is 10.1. The minimum Gasteiger partial charge on any atom is -0.337 e. The molecular weight excluding hydrogens is 174 g/mol. The van der Waals surface area contributed by atoms with E-state index in [1.807, 2.05) is 24.0 Å². The zero-order valence-electron chi connectivity index (χ0n) is 8.98. The molecule has 1 fully saturated rings. The molecule has 0 saturated heterocycles. The van der Waals surface area contributed by atoms with Gasteiger partial charge in [0, 0.05) is 19.4 Å². The van der Waals surface area contributed by atoms with E-state index in [0.717, 1.165) is 11.7 Å². The average Bonchev–Trinajstić information content (AvgIpc) is 2.73. The van der Waals surface area contributed by atoms with Gasteiger partial charge >= 0.3 is 0 Å². The standard InChI is InChI=1S/C11H19N3/c1-8-4-3-5-9(8)10(12)11-13-6-7-14(11)2/h6-10H,3-5,12H2,1-2H3. The largest absolute Gasteiger partial charge is 0.337 e. The van der Waals surface area contributed by atoms with Gasteiger partial charge in [-0.1, -0.05) is 19.8 Å². The first-order valence-corrected chi connectivity index (χ1v) is 5.43. The fourth-order valence-electron chi connectivity index (χ4n) is 2.60. The summed E-state index contributed by atoms with van der Waals surface area (Å²) in [6.45, 7) is 2.31. The third-order valence-electron chi connectivity index (χ3n) is 3.55. The van der Waals surface area contributed by atoms with Gasteiger partial charge in [-0.25, -0.2) is 4.98 Å². The van der Waals surface area contributed by atoms with Gasteiger partial charge in [0.2, 0.25) is 0 Å². The molecule has 0 amide bonds. The predicted octanol–water partition coefficient (Wildman–Crippen LogP) is 1.86. The summed E-state index contributed by atoms with van der Waals surface area (Å²) in [5, 5.41) is 0. The average molecular weight is 193 g/mol. The van der Waals surface area contributed by atoms with Gasteiger partial charge in [0.05, 0.1) is 6.04 Å². The number of aryl methyl sites for hydroxylation is 1. The van der Waals surface area contributed by atoms with Gasteiger partial charge in [-0.05, 0) is 18.3 Å².